The number of ether oxygens (including phenoxy) is 2. The van der Waals surface area contributed by atoms with Crippen LogP contribution in [0, 0.1) is 0 Å². The van der Waals surface area contributed by atoms with Crippen molar-refractivity contribution in [2.75, 3.05) is 47.5 Å². The summed E-state index contributed by atoms with van der Waals surface area (Å²) in [6, 6.07) is 0. The molecule has 0 spiro atoms. The summed E-state index contributed by atoms with van der Waals surface area (Å²) in [6.07, 6.45) is 15.0. The fourth-order valence-corrected chi connectivity index (χ4v) is 3.90. The molecule has 0 aliphatic carbocycles. The Morgan fingerprint density at radius 2 is 1.57 bits per heavy atom. The van der Waals surface area contributed by atoms with Gasteiger partial charge in [0.25, 0.3) is 0 Å². The van der Waals surface area contributed by atoms with Crippen molar-refractivity contribution >= 4 is 19.8 Å². The van der Waals surface area contributed by atoms with Gasteiger partial charge in [-0.05, 0) is 32.1 Å². The van der Waals surface area contributed by atoms with Gasteiger partial charge in [-0.25, -0.2) is 4.57 Å². The van der Waals surface area contributed by atoms with E-state index in [9.17, 15) is 19.0 Å². The normalized spacial score (nSPS) is 14.3. The van der Waals surface area contributed by atoms with Crippen LogP contribution in [-0.2, 0) is 32.7 Å². The van der Waals surface area contributed by atoms with E-state index in [2.05, 4.69) is 18.7 Å². The zero-order valence-electron chi connectivity index (χ0n) is 23.5. The summed E-state index contributed by atoms with van der Waals surface area (Å²) in [5.41, 5.74) is 0. The lowest BCUT2D eigenvalue weighted by atomic mass is 10.1. The second-order valence-electron chi connectivity index (χ2n) is 10.2. The molecular formula is C27H51NO8P+. The molecule has 1 N–H and O–H groups in total. The number of carbonyl (C=O) groups excluding carboxylic acids is 2. The molecule has 0 aliphatic rings. The molecule has 216 valence electrons. The molecule has 0 saturated carbocycles. The minimum atomic E-state index is -4.34. The van der Waals surface area contributed by atoms with Crippen LogP contribution in [0.25, 0.3) is 0 Å². The summed E-state index contributed by atoms with van der Waals surface area (Å²) in [5, 5.41) is 0. The average molecular weight is 549 g/mol. The molecule has 0 radical (unpaired) electrons. The van der Waals surface area contributed by atoms with E-state index in [0.29, 0.717) is 23.9 Å². The first-order valence-corrected chi connectivity index (χ1v) is 15.0. The lowest BCUT2D eigenvalue weighted by Gasteiger charge is -2.24. The van der Waals surface area contributed by atoms with Crippen molar-refractivity contribution in [2.45, 2.75) is 90.1 Å². The number of unbranched alkanes of at least 4 members (excludes halogenated alkanes) is 7. The zero-order valence-corrected chi connectivity index (χ0v) is 24.4. The predicted molar refractivity (Wildman–Crippen MR) is 146 cm³/mol. The number of allylic oxidation sites excluding steroid dienone is 3. The van der Waals surface area contributed by atoms with E-state index in [4.69, 9.17) is 18.5 Å². The van der Waals surface area contributed by atoms with Crippen molar-refractivity contribution in [3.63, 3.8) is 0 Å². The number of carbonyl (C=O) groups is 2. The summed E-state index contributed by atoms with van der Waals surface area (Å²) in [7, 11) is 1.45. The van der Waals surface area contributed by atoms with E-state index in [0.717, 1.165) is 51.4 Å². The quantitative estimate of drug-likeness (QED) is 0.0536. The van der Waals surface area contributed by atoms with Crippen molar-refractivity contribution in [2.24, 2.45) is 0 Å². The highest BCUT2D eigenvalue weighted by atomic mass is 31.2. The Hall–Kier alpha value is -1.51. The molecule has 0 aromatic carbocycles. The van der Waals surface area contributed by atoms with Crippen LogP contribution in [0.3, 0.4) is 0 Å². The van der Waals surface area contributed by atoms with Crippen molar-refractivity contribution in [1.82, 2.24) is 0 Å². The van der Waals surface area contributed by atoms with E-state index < -0.39 is 32.5 Å². The highest BCUT2D eigenvalue weighted by molar-refractivity contribution is 7.47. The molecule has 1 unspecified atom stereocenters. The molecule has 0 heterocycles. The molecule has 0 aromatic heterocycles. The van der Waals surface area contributed by atoms with E-state index in [-0.39, 0.29) is 26.1 Å². The number of rotatable bonds is 24. The topological polar surface area (TPSA) is 108 Å². The second kappa shape index (κ2) is 21.4. The van der Waals surface area contributed by atoms with Crippen molar-refractivity contribution < 1.29 is 42.1 Å². The molecule has 9 nitrogen and oxygen atoms in total. The second-order valence-corrected chi connectivity index (χ2v) is 11.6. The predicted octanol–water partition coefficient (Wildman–Crippen LogP) is 5.72. The summed E-state index contributed by atoms with van der Waals surface area (Å²) in [5.74, 6) is -0.859. The van der Waals surface area contributed by atoms with Crippen LogP contribution < -0.4 is 0 Å². The smallest absolute Gasteiger partial charge is 0.462 e. The maximum Gasteiger partial charge on any atom is 0.472 e. The van der Waals surface area contributed by atoms with Gasteiger partial charge in [0, 0.05) is 12.8 Å². The first-order chi connectivity index (χ1) is 17.5. The van der Waals surface area contributed by atoms with Crippen LogP contribution in [0.2, 0.25) is 0 Å². The Balaban J connectivity index is 4.53. The fourth-order valence-electron chi connectivity index (χ4n) is 3.16. The van der Waals surface area contributed by atoms with Crippen molar-refractivity contribution in [1.29, 1.82) is 0 Å². The van der Waals surface area contributed by atoms with Crippen LogP contribution in [-0.4, -0.2) is 74.9 Å². The van der Waals surface area contributed by atoms with Gasteiger partial charge in [0.1, 0.15) is 19.8 Å². The summed E-state index contributed by atoms with van der Waals surface area (Å²) >= 11 is 0. The minimum Gasteiger partial charge on any atom is -0.462 e. The number of hydrogen-bond acceptors (Lipinski definition) is 7. The zero-order chi connectivity index (χ0) is 28.0. The Morgan fingerprint density at radius 1 is 0.919 bits per heavy atom. The molecule has 0 saturated heterocycles. The molecule has 10 heteroatoms. The molecule has 2 atom stereocenters. The molecule has 0 rings (SSSR count). The molecule has 0 aliphatic heterocycles. The van der Waals surface area contributed by atoms with Crippen LogP contribution in [0.4, 0.5) is 0 Å². The van der Waals surface area contributed by atoms with Gasteiger partial charge in [-0.2, -0.15) is 0 Å². The third-order valence-electron chi connectivity index (χ3n) is 5.37. The van der Waals surface area contributed by atoms with E-state index in [1.54, 1.807) is 0 Å². The van der Waals surface area contributed by atoms with Crippen LogP contribution in [0.15, 0.2) is 24.8 Å². The number of phosphoric acid groups is 1. The van der Waals surface area contributed by atoms with Crippen molar-refractivity contribution in [3.05, 3.63) is 24.8 Å². The highest BCUT2D eigenvalue weighted by Gasteiger charge is 2.27. The standard InChI is InChI=1S/C27H50NO8P/c1-6-8-10-11-12-13-14-15-16-18-20-27(30)36-25(23-33-26(29)19-17-9-7-2)24-35-37(31,32)34-22-21-28(3,4)5/h6,10-11,25H,1,7-9,12-24H2,2-5H3/p+1/b11-10-/t25-/m1/s1. The Morgan fingerprint density at radius 3 is 2.24 bits per heavy atom. The Kier molecular flexibility index (Phi) is 20.6. The maximum absolute atomic E-state index is 12.4. The highest BCUT2D eigenvalue weighted by Crippen LogP contribution is 2.43. The van der Waals surface area contributed by atoms with Gasteiger partial charge in [-0.1, -0.05) is 57.3 Å². The molecular weight excluding hydrogens is 497 g/mol. The number of likely N-dealkylation sites (N-methyl/N-ethyl adjacent to an activating group) is 1. The molecule has 37 heavy (non-hydrogen) atoms. The molecule has 0 fully saturated rings. The van der Waals surface area contributed by atoms with Gasteiger partial charge in [-0.15, -0.1) is 6.58 Å². The van der Waals surface area contributed by atoms with Crippen LogP contribution in [0.5, 0.6) is 0 Å². The lowest BCUT2D eigenvalue weighted by Crippen LogP contribution is -2.37. The average Bonchev–Trinajstić information content (AvgIpc) is 2.81. The van der Waals surface area contributed by atoms with Crippen molar-refractivity contribution in [3.8, 4) is 0 Å². The van der Waals surface area contributed by atoms with Crippen LogP contribution >= 0.6 is 7.82 Å². The third kappa shape index (κ3) is 24.6. The number of nitrogens with zero attached hydrogens (tertiary/aromatic N) is 1. The summed E-state index contributed by atoms with van der Waals surface area (Å²) in [4.78, 5) is 34.3. The fraction of sp³-hybridized carbons (Fsp3) is 0.778. The summed E-state index contributed by atoms with van der Waals surface area (Å²) in [6.45, 7) is 5.60. The first kappa shape index (κ1) is 35.5. The van der Waals surface area contributed by atoms with Gasteiger partial charge < -0.3 is 18.9 Å². The monoisotopic (exact) mass is 548 g/mol. The van der Waals surface area contributed by atoms with E-state index in [1.165, 1.54) is 0 Å². The van der Waals surface area contributed by atoms with Gasteiger partial charge in [0.15, 0.2) is 6.10 Å². The van der Waals surface area contributed by atoms with Gasteiger partial charge in [-0.3, -0.25) is 18.6 Å². The molecule has 0 aromatic rings. The number of quaternary nitrogens is 1. The Labute approximate surface area is 224 Å². The number of esters is 2. The van der Waals surface area contributed by atoms with Gasteiger partial charge >= 0.3 is 19.8 Å². The van der Waals surface area contributed by atoms with E-state index in [1.807, 2.05) is 34.1 Å². The summed E-state index contributed by atoms with van der Waals surface area (Å²) < 4.78 is 33.5. The Bertz CT molecular complexity index is 705. The van der Waals surface area contributed by atoms with Gasteiger partial charge in [0.05, 0.1) is 27.7 Å². The van der Waals surface area contributed by atoms with E-state index >= 15 is 0 Å². The molecule has 0 amide bonds. The number of hydrogen-bond donors (Lipinski definition) is 1. The first-order valence-electron chi connectivity index (χ1n) is 13.5. The molecule has 0 bridgehead atoms. The minimum absolute atomic E-state index is 0.0270. The third-order valence-corrected chi connectivity index (χ3v) is 6.36. The SMILES string of the molecule is C=CC/C=C\CCCCCCCC(=O)O[C@H](COC(=O)CCCCC)COP(=O)(O)OCC[N+](C)(C)C. The largest absolute Gasteiger partial charge is 0.472 e. The maximum atomic E-state index is 12.4. The van der Waals surface area contributed by atoms with Crippen LogP contribution in [0.1, 0.15) is 84.0 Å². The number of phosphoric ester groups is 1. The van der Waals surface area contributed by atoms with Gasteiger partial charge in [0.2, 0.25) is 0 Å². The lowest BCUT2D eigenvalue weighted by molar-refractivity contribution is -0.870.